The molecule has 0 saturated heterocycles. The van der Waals surface area contributed by atoms with Crippen molar-refractivity contribution in [1.82, 2.24) is 0 Å². The first-order chi connectivity index (χ1) is 7.75. The van der Waals surface area contributed by atoms with E-state index in [1.807, 2.05) is 0 Å². The second kappa shape index (κ2) is 3.62. The second-order valence-electron chi connectivity index (χ2n) is 5.11. The Morgan fingerprint density at radius 2 is 2.06 bits per heavy atom. The molecular weight excluding hydrogens is 192 g/mol. The predicted octanol–water partition coefficient (Wildman–Crippen LogP) is 2.60. The summed E-state index contributed by atoms with van der Waals surface area (Å²) in [6.07, 6.45) is 10.9. The molecule has 0 bridgehead atoms. The van der Waals surface area contributed by atoms with Crippen molar-refractivity contribution in [3.05, 3.63) is 45.8 Å². The van der Waals surface area contributed by atoms with Crippen LogP contribution in [-0.2, 0) is 0 Å². The van der Waals surface area contributed by atoms with E-state index in [-0.39, 0.29) is 0 Å². The van der Waals surface area contributed by atoms with E-state index in [0.29, 0.717) is 0 Å². The fourth-order valence-corrected chi connectivity index (χ4v) is 3.10. The van der Waals surface area contributed by atoms with Crippen molar-refractivity contribution < 1.29 is 0 Å². The van der Waals surface area contributed by atoms with Crippen LogP contribution in [0.3, 0.4) is 0 Å². The van der Waals surface area contributed by atoms with Gasteiger partial charge in [-0.1, -0.05) is 35.9 Å². The van der Waals surface area contributed by atoms with Gasteiger partial charge in [0.1, 0.15) is 0 Å². The van der Waals surface area contributed by atoms with Crippen molar-refractivity contribution >= 4 is 11.6 Å². The van der Waals surface area contributed by atoms with Gasteiger partial charge in [-0.05, 0) is 60.6 Å². The normalized spacial score (nSPS) is 22.4. The summed E-state index contributed by atoms with van der Waals surface area (Å²) in [5.74, 6) is 0.777. The minimum Gasteiger partial charge on any atom is -0.0842 e. The summed E-state index contributed by atoms with van der Waals surface area (Å²) in [6, 6.07) is 4.65. The van der Waals surface area contributed by atoms with Gasteiger partial charge in [-0.15, -0.1) is 0 Å². The van der Waals surface area contributed by atoms with Crippen LogP contribution in [0, 0.1) is 19.8 Å². The Bertz CT molecular complexity index is 573. The minimum atomic E-state index is 0.777. The van der Waals surface area contributed by atoms with Gasteiger partial charge >= 0.3 is 0 Å². The van der Waals surface area contributed by atoms with Crippen LogP contribution in [0.5, 0.6) is 0 Å². The van der Waals surface area contributed by atoms with Crippen LogP contribution in [0.2, 0.25) is 0 Å². The Hall–Kier alpha value is -1.30. The molecule has 0 heterocycles. The van der Waals surface area contributed by atoms with Crippen LogP contribution in [0.1, 0.15) is 30.4 Å². The average Bonchev–Trinajstić information content (AvgIpc) is 2.28. The molecular formula is C16H18. The highest BCUT2D eigenvalue weighted by Gasteiger charge is 2.18. The van der Waals surface area contributed by atoms with E-state index in [1.54, 1.807) is 5.57 Å². The molecule has 2 aliphatic carbocycles. The Labute approximate surface area is 97.0 Å². The lowest BCUT2D eigenvalue weighted by molar-refractivity contribution is 0.619. The smallest absolute Gasteiger partial charge is 0.0118 e. The van der Waals surface area contributed by atoms with Gasteiger partial charge in [-0.2, -0.15) is 0 Å². The molecule has 0 amide bonds. The molecule has 1 unspecified atom stereocenters. The van der Waals surface area contributed by atoms with E-state index in [4.69, 9.17) is 0 Å². The summed E-state index contributed by atoms with van der Waals surface area (Å²) >= 11 is 0. The van der Waals surface area contributed by atoms with Crippen molar-refractivity contribution in [2.45, 2.75) is 33.1 Å². The zero-order valence-electron chi connectivity index (χ0n) is 10.1. The van der Waals surface area contributed by atoms with Gasteiger partial charge in [0.05, 0.1) is 0 Å². The monoisotopic (exact) mass is 210 g/mol. The first kappa shape index (κ1) is 9.89. The van der Waals surface area contributed by atoms with E-state index in [1.165, 1.54) is 40.8 Å². The molecule has 16 heavy (non-hydrogen) atoms. The third-order valence-electron chi connectivity index (χ3n) is 3.87. The Kier molecular flexibility index (Phi) is 2.24. The highest BCUT2D eigenvalue weighted by Crippen LogP contribution is 2.28. The number of hydrogen-bond donors (Lipinski definition) is 0. The van der Waals surface area contributed by atoms with Crippen molar-refractivity contribution in [2.24, 2.45) is 5.92 Å². The second-order valence-corrected chi connectivity index (χ2v) is 5.11. The lowest BCUT2D eigenvalue weighted by atomic mass is 9.81. The number of fused-ring (bicyclic) bond motifs is 2. The van der Waals surface area contributed by atoms with Crippen LogP contribution >= 0.6 is 0 Å². The molecule has 2 aliphatic rings. The number of rotatable bonds is 0. The van der Waals surface area contributed by atoms with E-state index < -0.39 is 0 Å². The van der Waals surface area contributed by atoms with E-state index in [0.717, 1.165) is 5.92 Å². The number of benzene rings is 1. The minimum absolute atomic E-state index is 0.777. The van der Waals surface area contributed by atoms with Crippen molar-refractivity contribution in [2.75, 3.05) is 0 Å². The first-order valence-corrected chi connectivity index (χ1v) is 6.24. The molecule has 3 rings (SSSR count). The summed E-state index contributed by atoms with van der Waals surface area (Å²) in [5.41, 5.74) is 4.40. The van der Waals surface area contributed by atoms with Gasteiger partial charge in [0.15, 0.2) is 0 Å². The molecule has 0 N–H and O–H groups in total. The van der Waals surface area contributed by atoms with Gasteiger partial charge in [-0.25, -0.2) is 0 Å². The molecule has 0 spiro atoms. The summed E-state index contributed by atoms with van der Waals surface area (Å²) in [7, 11) is 0. The van der Waals surface area contributed by atoms with Crippen LogP contribution in [0.4, 0.5) is 0 Å². The summed E-state index contributed by atoms with van der Waals surface area (Å²) in [4.78, 5) is 0. The maximum Gasteiger partial charge on any atom is -0.0118 e. The molecule has 0 fully saturated rings. The van der Waals surface area contributed by atoms with E-state index in [9.17, 15) is 0 Å². The third-order valence-corrected chi connectivity index (χ3v) is 3.87. The molecule has 82 valence electrons. The van der Waals surface area contributed by atoms with Gasteiger partial charge in [0, 0.05) is 0 Å². The average molecular weight is 210 g/mol. The fraction of sp³-hybridized carbons (Fsp3) is 0.375. The molecule has 0 aromatic heterocycles. The van der Waals surface area contributed by atoms with E-state index in [2.05, 4.69) is 44.2 Å². The molecule has 1 aromatic rings. The largest absolute Gasteiger partial charge is 0.0842 e. The summed E-state index contributed by atoms with van der Waals surface area (Å²) in [6.45, 7) is 4.43. The zero-order valence-corrected chi connectivity index (χ0v) is 10.1. The lowest BCUT2D eigenvalue weighted by Crippen LogP contribution is -2.35. The molecule has 0 aliphatic heterocycles. The molecule has 0 nitrogen and oxygen atoms in total. The van der Waals surface area contributed by atoms with Gasteiger partial charge in [0.25, 0.3) is 0 Å². The van der Waals surface area contributed by atoms with Gasteiger partial charge in [-0.3, -0.25) is 0 Å². The number of hydrogen-bond acceptors (Lipinski definition) is 0. The van der Waals surface area contributed by atoms with Gasteiger partial charge < -0.3 is 0 Å². The van der Waals surface area contributed by atoms with Crippen LogP contribution in [0.25, 0.3) is 11.6 Å². The topological polar surface area (TPSA) is 0 Å². The first-order valence-electron chi connectivity index (χ1n) is 6.24. The molecule has 0 saturated carbocycles. The molecule has 0 radical (unpaired) electrons. The number of allylic oxidation sites excluding steroid dienone is 2. The quantitative estimate of drug-likeness (QED) is 0.617. The molecule has 0 heteroatoms. The van der Waals surface area contributed by atoms with Crippen LogP contribution in [-0.4, -0.2) is 0 Å². The van der Waals surface area contributed by atoms with Crippen molar-refractivity contribution in [1.29, 1.82) is 0 Å². The Morgan fingerprint density at radius 3 is 2.94 bits per heavy atom. The fourth-order valence-electron chi connectivity index (χ4n) is 3.10. The lowest BCUT2D eigenvalue weighted by Gasteiger charge is -2.23. The number of aryl methyl sites for hydroxylation is 2. The maximum absolute atomic E-state index is 2.44. The molecule has 1 aromatic carbocycles. The van der Waals surface area contributed by atoms with Crippen LogP contribution in [0.15, 0.2) is 24.3 Å². The summed E-state index contributed by atoms with van der Waals surface area (Å²) < 4.78 is 0. The Balaban J connectivity index is 2.42. The maximum atomic E-state index is 2.44. The predicted molar refractivity (Wildman–Crippen MR) is 69.5 cm³/mol. The zero-order chi connectivity index (χ0) is 11.1. The van der Waals surface area contributed by atoms with Crippen molar-refractivity contribution in [3.8, 4) is 0 Å². The van der Waals surface area contributed by atoms with Crippen LogP contribution < -0.4 is 10.4 Å². The SMILES string of the molecule is Cc1cc(C)c2c(c1)=C1C=CCCC1CC=2. The Morgan fingerprint density at radius 1 is 1.19 bits per heavy atom. The third kappa shape index (κ3) is 1.44. The van der Waals surface area contributed by atoms with Gasteiger partial charge in [0.2, 0.25) is 0 Å². The highest BCUT2D eigenvalue weighted by molar-refractivity contribution is 5.64. The standard InChI is InChI=1S/C16H18/c1-11-9-12(2)14-8-7-13-5-3-4-6-15(13)16(14)10-11/h4,6,8-10,13H,3,5,7H2,1-2H3. The highest BCUT2D eigenvalue weighted by atomic mass is 14.2. The van der Waals surface area contributed by atoms with E-state index >= 15 is 0 Å². The summed E-state index contributed by atoms with van der Waals surface area (Å²) in [5, 5.41) is 2.97. The molecule has 1 atom stereocenters. The van der Waals surface area contributed by atoms with Crippen molar-refractivity contribution in [3.63, 3.8) is 0 Å².